The Bertz CT molecular complexity index is 372. The minimum Gasteiger partial charge on any atom is -0.388 e. The first-order valence-electron chi connectivity index (χ1n) is 5.77. The largest absolute Gasteiger partial charge is 0.388 e. The van der Waals surface area contributed by atoms with E-state index in [0.717, 1.165) is 30.3 Å². The minimum absolute atomic E-state index is 0.566. The fourth-order valence-corrected chi connectivity index (χ4v) is 2.70. The van der Waals surface area contributed by atoms with Crippen molar-refractivity contribution in [2.75, 3.05) is 13.1 Å². The predicted octanol–water partition coefficient (Wildman–Crippen LogP) is 2.41. The number of halogens is 1. The molecular formula is C13H18BrNO. The molecule has 0 aliphatic carbocycles. The van der Waals surface area contributed by atoms with Crippen molar-refractivity contribution in [3.63, 3.8) is 0 Å². The summed E-state index contributed by atoms with van der Waals surface area (Å²) < 4.78 is 1.08. The van der Waals surface area contributed by atoms with Crippen LogP contribution in [0.1, 0.15) is 24.0 Å². The zero-order chi connectivity index (χ0) is 11.6. The third-order valence-corrected chi connectivity index (χ3v) is 3.77. The molecule has 1 unspecified atom stereocenters. The Morgan fingerprint density at radius 3 is 3.00 bits per heavy atom. The Morgan fingerprint density at radius 1 is 1.50 bits per heavy atom. The van der Waals surface area contributed by atoms with E-state index in [4.69, 9.17) is 0 Å². The molecular weight excluding hydrogens is 266 g/mol. The van der Waals surface area contributed by atoms with Gasteiger partial charge in [-0.3, -0.25) is 0 Å². The Hall–Kier alpha value is -0.380. The lowest BCUT2D eigenvalue weighted by molar-refractivity contribution is 0.0168. The van der Waals surface area contributed by atoms with E-state index in [1.54, 1.807) is 0 Å². The normalized spacial score (nSPS) is 25.7. The molecule has 2 nitrogen and oxygen atoms in total. The first kappa shape index (κ1) is 12.1. The van der Waals surface area contributed by atoms with Crippen LogP contribution in [0.25, 0.3) is 0 Å². The molecule has 1 aliphatic rings. The van der Waals surface area contributed by atoms with Gasteiger partial charge in [-0.05, 0) is 49.6 Å². The molecule has 1 aliphatic heterocycles. The van der Waals surface area contributed by atoms with Crippen molar-refractivity contribution >= 4 is 15.9 Å². The molecule has 2 rings (SSSR count). The topological polar surface area (TPSA) is 32.3 Å². The number of aliphatic hydroxyl groups is 1. The van der Waals surface area contributed by atoms with Gasteiger partial charge < -0.3 is 10.4 Å². The molecule has 2 N–H and O–H groups in total. The van der Waals surface area contributed by atoms with Gasteiger partial charge >= 0.3 is 0 Å². The van der Waals surface area contributed by atoms with E-state index in [-0.39, 0.29) is 0 Å². The molecule has 88 valence electrons. The van der Waals surface area contributed by atoms with Crippen molar-refractivity contribution < 1.29 is 5.11 Å². The van der Waals surface area contributed by atoms with Crippen LogP contribution in [-0.4, -0.2) is 23.8 Å². The summed E-state index contributed by atoms with van der Waals surface area (Å²) >= 11 is 3.48. The van der Waals surface area contributed by atoms with Gasteiger partial charge in [-0.2, -0.15) is 0 Å². The molecule has 1 atom stereocenters. The van der Waals surface area contributed by atoms with Gasteiger partial charge in [-0.15, -0.1) is 0 Å². The van der Waals surface area contributed by atoms with E-state index >= 15 is 0 Å². The highest BCUT2D eigenvalue weighted by atomic mass is 79.9. The third-order valence-electron chi connectivity index (χ3n) is 3.28. The van der Waals surface area contributed by atoms with Crippen molar-refractivity contribution in [2.45, 2.75) is 31.8 Å². The number of benzene rings is 1. The number of hydrogen-bond acceptors (Lipinski definition) is 2. The summed E-state index contributed by atoms with van der Waals surface area (Å²) in [6.45, 7) is 3.83. The number of hydrogen-bond donors (Lipinski definition) is 2. The first-order chi connectivity index (χ1) is 7.59. The summed E-state index contributed by atoms with van der Waals surface area (Å²) in [6, 6.07) is 6.25. The second kappa shape index (κ2) is 4.86. The lowest BCUT2D eigenvalue weighted by atomic mass is 9.86. The van der Waals surface area contributed by atoms with Crippen LogP contribution < -0.4 is 5.32 Å². The van der Waals surface area contributed by atoms with Crippen LogP contribution in [0.15, 0.2) is 22.7 Å². The van der Waals surface area contributed by atoms with Crippen molar-refractivity contribution in [3.8, 4) is 0 Å². The summed E-state index contributed by atoms with van der Waals surface area (Å²) in [5.41, 5.74) is 1.92. The van der Waals surface area contributed by atoms with E-state index in [2.05, 4.69) is 40.3 Å². The average molecular weight is 284 g/mol. The minimum atomic E-state index is -0.566. The Kier molecular flexibility index (Phi) is 3.67. The Morgan fingerprint density at radius 2 is 2.31 bits per heavy atom. The van der Waals surface area contributed by atoms with Gasteiger partial charge in [0.1, 0.15) is 0 Å². The number of β-amino-alcohol motifs (C(OH)–C–C–N with tert-alkyl or cyclic N) is 1. The summed E-state index contributed by atoms with van der Waals surface area (Å²) in [5, 5.41) is 13.7. The maximum Gasteiger partial charge on any atom is 0.0812 e. The van der Waals surface area contributed by atoms with Crippen molar-refractivity contribution in [1.82, 2.24) is 5.32 Å². The molecule has 0 radical (unpaired) electrons. The summed E-state index contributed by atoms with van der Waals surface area (Å²) in [7, 11) is 0. The van der Waals surface area contributed by atoms with Crippen molar-refractivity contribution in [1.29, 1.82) is 0 Å². The third kappa shape index (κ3) is 2.84. The van der Waals surface area contributed by atoms with Crippen LogP contribution in [0, 0.1) is 6.92 Å². The highest BCUT2D eigenvalue weighted by Gasteiger charge is 2.29. The standard InChI is InChI=1S/C13H18BrNO/c1-10-3-4-12(14)7-11(10)8-13(16)5-2-6-15-9-13/h3-4,7,15-16H,2,5-6,8-9H2,1H3. The van der Waals surface area contributed by atoms with Crippen LogP contribution in [0.5, 0.6) is 0 Å². The smallest absolute Gasteiger partial charge is 0.0812 e. The molecule has 3 heteroatoms. The molecule has 0 bridgehead atoms. The monoisotopic (exact) mass is 283 g/mol. The maximum absolute atomic E-state index is 10.5. The molecule has 1 aromatic rings. The van der Waals surface area contributed by atoms with Crippen LogP contribution in [0.4, 0.5) is 0 Å². The molecule has 1 fully saturated rings. The van der Waals surface area contributed by atoms with Crippen molar-refractivity contribution in [3.05, 3.63) is 33.8 Å². The zero-order valence-corrected chi connectivity index (χ0v) is 11.2. The molecule has 0 aromatic heterocycles. The number of rotatable bonds is 2. The van der Waals surface area contributed by atoms with E-state index in [0.29, 0.717) is 6.54 Å². The summed E-state index contributed by atoms with van der Waals surface area (Å²) in [5.74, 6) is 0. The van der Waals surface area contributed by atoms with Gasteiger partial charge in [0.05, 0.1) is 5.60 Å². The first-order valence-corrected chi connectivity index (χ1v) is 6.56. The van der Waals surface area contributed by atoms with E-state index < -0.39 is 5.60 Å². The molecule has 16 heavy (non-hydrogen) atoms. The van der Waals surface area contributed by atoms with Crippen LogP contribution in [0.3, 0.4) is 0 Å². The molecule has 0 spiro atoms. The molecule has 1 saturated heterocycles. The predicted molar refractivity (Wildman–Crippen MR) is 69.6 cm³/mol. The molecule has 1 heterocycles. The van der Waals surface area contributed by atoms with Crippen LogP contribution in [-0.2, 0) is 6.42 Å². The second-order valence-electron chi connectivity index (χ2n) is 4.75. The average Bonchev–Trinajstić information content (AvgIpc) is 2.24. The van der Waals surface area contributed by atoms with E-state index in [1.807, 2.05) is 6.07 Å². The van der Waals surface area contributed by atoms with Crippen LogP contribution in [0.2, 0.25) is 0 Å². The fraction of sp³-hybridized carbons (Fsp3) is 0.538. The lowest BCUT2D eigenvalue weighted by Gasteiger charge is -2.33. The van der Waals surface area contributed by atoms with Gasteiger partial charge in [0.15, 0.2) is 0 Å². The quantitative estimate of drug-likeness (QED) is 0.874. The highest BCUT2D eigenvalue weighted by molar-refractivity contribution is 9.10. The second-order valence-corrected chi connectivity index (χ2v) is 5.67. The van der Waals surface area contributed by atoms with E-state index in [1.165, 1.54) is 11.1 Å². The van der Waals surface area contributed by atoms with Crippen molar-refractivity contribution in [2.24, 2.45) is 0 Å². The molecule has 1 aromatic carbocycles. The molecule has 0 saturated carbocycles. The number of nitrogens with one attached hydrogen (secondary N) is 1. The van der Waals surface area contributed by atoms with Gasteiger partial charge in [0.2, 0.25) is 0 Å². The summed E-state index contributed by atoms with van der Waals surface area (Å²) in [4.78, 5) is 0. The maximum atomic E-state index is 10.5. The number of aryl methyl sites for hydroxylation is 1. The fourth-order valence-electron chi connectivity index (χ4n) is 2.29. The van der Waals surface area contributed by atoms with Gasteiger partial charge in [-0.1, -0.05) is 22.0 Å². The van der Waals surface area contributed by atoms with Gasteiger partial charge in [0, 0.05) is 17.4 Å². The zero-order valence-electron chi connectivity index (χ0n) is 9.59. The lowest BCUT2D eigenvalue weighted by Crippen LogP contribution is -2.47. The van der Waals surface area contributed by atoms with E-state index in [9.17, 15) is 5.11 Å². The van der Waals surface area contributed by atoms with Gasteiger partial charge in [0.25, 0.3) is 0 Å². The number of piperidine rings is 1. The Balaban J connectivity index is 2.15. The highest BCUT2D eigenvalue weighted by Crippen LogP contribution is 2.25. The SMILES string of the molecule is Cc1ccc(Br)cc1CC1(O)CCCNC1. The summed E-state index contributed by atoms with van der Waals surface area (Å²) in [6.07, 6.45) is 2.70. The van der Waals surface area contributed by atoms with Gasteiger partial charge in [-0.25, -0.2) is 0 Å². The Labute approximate surface area is 105 Å². The van der Waals surface area contributed by atoms with Crippen LogP contribution >= 0.6 is 15.9 Å². The molecule has 0 amide bonds.